The van der Waals surface area contributed by atoms with Crippen LogP contribution in [0.1, 0.15) is 40.0 Å². The van der Waals surface area contributed by atoms with Crippen LogP contribution < -0.4 is 0 Å². The van der Waals surface area contributed by atoms with Gasteiger partial charge in [0.25, 0.3) is 0 Å². The molecule has 1 fully saturated rings. The molecule has 0 amide bonds. The fraction of sp³-hybridized carbons (Fsp3) is 0.923. The predicted octanol–water partition coefficient (Wildman–Crippen LogP) is 1.50. The molecule has 4 heteroatoms. The number of aliphatic hydroxyl groups excluding tert-OH is 1. The second kappa shape index (κ2) is 5.36. The first-order valence-corrected chi connectivity index (χ1v) is 6.39. The Hall–Kier alpha value is -0.610. The van der Waals surface area contributed by atoms with Gasteiger partial charge in [-0.1, -0.05) is 27.2 Å². The summed E-state index contributed by atoms with van der Waals surface area (Å²) in [6.45, 7) is 5.47. The summed E-state index contributed by atoms with van der Waals surface area (Å²) in [7, 11) is 0. The van der Waals surface area contributed by atoms with Gasteiger partial charge in [0.1, 0.15) is 0 Å². The van der Waals surface area contributed by atoms with E-state index in [1.807, 2.05) is 13.8 Å². The van der Waals surface area contributed by atoms with E-state index in [9.17, 15) is 15.0 Å². The molecule has 0 spiro atoms. The summed E-state index contributed by atoms with van der Waals surface area (Å²) in [6.07, 6.45) is 2.67. The van der Waals surface area contributed by atoms with Crippen molar-refractivity contribution in [1.82, 2.24) is 0 Å². The van der Waals surface area contributed by atoms with Gasteiger partial charge in [-0.2, -0.15) is 0 Å². The zero-order chi connectivity index (χ0) is 13.2. The maximum absolute atomic E-state index is 11.2. The van der Waals surface area contributed by atoms with Gasteiger partial charge in [0, 0.05) is 5.92 Å². The lowest BCUT2D eigenvalue weighted by Gasteiger charge is -2.43. The van der Waals surface area contributed by atoms with E-state index in [4.69, 9.17) is 5.11 Å². The first-order chi connectivity index (χ1) is 7.82. The van der Waals surface area contributed by atoms with E-state index < -0.39 is 18.2 Å². The zero-order valence-corrected chi connectivity index (χ0v) is 10.9. The molecule has 4 nitrogen and oxygen atoms in total. The molecule has 0 aliphatic heterocycles. The van der Waals surface area contributed by atoms with Crippen LogP contribution >= 0.6 is 0 Å². The molecule has 0 saturated heterocycles. The van der Waals surface area contributed by atoms with Gasteiger partial charge >= 0.3 is 5.97 Å². The van der Waals surface area contributed by atoms with Gasteiger partial charge in [-0.25, -0.2) is 4.79 Å². The van der Waals surface area contributed by atoms with E-state index in [1.165, 1.54) is 0 Å². The van der Waals surface area contributed by atoms with Crippen molar-refractivity contribution in [1.29, 1.82) is 0 Å². The second-order valence-corrected chi connectivity index (χ2v) is 5.82. The zero-order valence-electron chi connectivity index (χ0n) is 10.9. The van der Waals surface area contributed by atoms with Crippen LogP contribution in [0.25, 0.3) is 0 Å². The lowest BCUT2D eigenvalue weighted by molar-refractivity contribution is -0.178. The van der Waals surface area contributed by atoms with Crippen molar-refractivity contribution < 1.29 is 20.1 Å². The minimum atomic E-state index is -1.98. The minimum Gasteiger partial charge on any atom is -0.479 e. The molecule has 0 radical (unpaired) electrons. The molecule has 100 valence electrons. The van der Waals surface area contributed by atoms with Crippen molar-refractivity contribution in [2.75, 3.05) is 6.61 Å². The van der Waals surface area contributed by atoms with E-state index in [0.717, 1.165) is 12.8 Å². The number of carbonyl (C=O) groups is 1. The Morgan fingerprint density at radius 3 is 2.41 bits per heavy atom. The molecule has 1 rings (SSSR count). The summed E-state index contributed by atoms with van der Waals surface area (Å²) in [5.74, 6) is -0.754. The summed E-state index contributed by atoms with van der Waals surface area (Å²) in [5, 5.41) is 28.6. The predicted molar refractivity (Wildman–Crippen MR) is 64.5 cm³/mol. The lowest BCUT2D eigenvalue weighted by atomic mass is 9.64. The first kappa shape index (κ1) is 14.5. The average Bonchev–Trinajstić information content (AvgIpc) is 2.27. The third-order valence-corrected chi connectivity index (χ3v) is 4.25. The number of aliphatic carboxylic acids is 1. The largest absolute Gasteiger partial charge is 0.479 e. The van der Waals surface area contributed by atoms with Crippen molar-refractivity contribution in [3.63, 3.8) is 0 Å². The Morgan fingerprint density at radius 1 is 1.41 bits per heavy atom. The highest BCUT2D eigenvalue weighted by Gasteiger charge is 2.49. The Labute approximate surface area is 103 Å². The Balaban J connectivity index is 2.99. The fourth-order valence-corrected chi connectivity index (χ4v) is 3.09. The molecule has 0 aromatic carbocycles. The van der Waals surface area contributed by atoms with Gasteiger partial charge in [-0.15, -0.1) is 0 Å². The van der Waals surface area contributed by atoms with E-state index in [1.54, 1.807) is 0 Å². The van der Waals surface area contributed by atoms with Gasteiger partial charge in [-0.05, 0) is 30.6 Å². The van der Waals surface area contributed by atoms with E-state index in [-0.39, 0.29) is 11.8 Å². The van der Waals surface area contributed by atoms with E-state index in [0.29, 0.717) is 18.3 Å². The van der Waals surface area contributed by atoms with Gasteiger partial charge in [-0.3, -0.25) is 0 Å². The average molecular weight is 244 g/mol. The van der Waals surface area contributed by atoms with E-state index in [2.05, 4.69) is 6.92 Å². The molecule has 4 atom stereocenters. The summed E-state index contributed by atoms with van der Waals surface area (Å²) in [6, 6.07) is 0. The van der Waals surface area contributed by atoms with E-state index >= 15 is 0 Å². The number of carboxylic acids is 1. The second-order valence-electron chi connectivity index (χ2n) is 5.82. The standard InChI is InChI=1S/C13H24O4/c1-8(2)10-5-4-9(3)6-11(10)13(17,7-14)12(15)16/h8-11,14,17H,4-7H2,1-3H3,(H,15,16)/t9-,10+,11-,13?/m0/s1. The van der Waals surface area contributed by atoms with Crippen molar-refractivity contribution in [3.05, 3.63) is 0 Å². The SMILES string of the molecule is CC(C)[C@H]1CC[C@H](C)C[C@@H]1C(O)(CO)C(=O)O. The molecule has 1 aliphatic rings. The normalized spacial score (nSPS) is 33.4. The van der Waals surface area contributed by atoms with Crippen LogP contribution in [0.15, 0.2) is 0 Å². The monoisotopic (exact) mass is 244 g/mol. The minimum absolute atomic E-state index is 0.166. The summed E-state index contributed by atoms with van der Waals surface area (Å²) >= 11 is 0. The van der Waals surface area contributed by atoms with Crippen LogP contribution in [0.2, 0.25) is 0 Å². The third-order valence-electron chi connectivity index (χ3n) is 4.25. The summed E-state index contributed by atoms with van der Waals surface area (Å²) in [4.78, 5) is 11.2. The maximum Gasteiger partial charge on any atom is 0.338 e. The molecule has 0 bridgehead atoms. The molecular weight excluding hydrogens is 220 g/mol. The smallest absolute Gasteiger partial charge is 0.338 e. The molecule has 1 aliphatic carbocycles. The summed E-state index contributed by atoms with van der Waals surface area (Å²) in [5.41, 5.74) is -1.98. The Kier molecular flexibility index (Phi) is 4.55. The molecule has 0 aromatic rings. The number of aliphatic hydroxyl groups is 2. The fourth-order valence-electron chi connectivity index (χ4n) is 3.09. The van der Waals surface area contributed by atoms with Crippen LogP contribution in [-0.4, -0.2) is 33.5 Å². The highest BCUT2D eigenvalue weighted by Crippen LogP contribution is 2.43. The molecule has 17 heavy (non-hydrogen) atoms. The molecular formula is C13H24O4. The van der Waals surface area contributed by atoms with Crippen LogP contribution in [0.4, 0.5) is 0 Å². The van der Waals surface area contributed by atoms with Gasteiger partial charge < -0.3 is 15.3 Å². The van der Waals surface area contributed by atoms with Crippen LogP contribution in [0.5, 0.6) is 0 Å². The quantitative estimate of drug-likeness (QED) is 0.700. The van der Waals surface area contributed by atoms with Gasteiger partial charge in [0.05, 0.1) is 6.61 Å². The van der Waals surface area contributed by atoms with Crippen LogP contribution in [-0.2, 0) is 4.79 Å². The number of carboxylic acid groups (broad SMARTS) is 1. The molecule has 0 heterocycles. The lowest BCUT2D eigenvalue weighted by Crippen LogP contribution is -2.54. The number of hydrogen-bond donors (Lipinski definition) is 3. The van der Waals surface area contributed by atoms with Crippen LogP contribution in [0.3, 0.4) is 0 Å². The highest BCUT2D eigenvalue weighted by molar-refractivity contribution is 5.77. The summed E-state index contributed by atoms with van der Waals surface area (Å²) < 4.78 is 0. The van der Waals surface area contributed by atoms with Crippen LogP contribution in [0, 0.1) is 23.7 Å². The van der Waals surface area contributed by atoms with Gasteiger partial charge in [0.15, 0.2) is 5.60 Å². The van der Waals surface area contributed by atoms with Gasteiger partial charge in [0.2, 0.25) is 0 Å². The van der Waals surface area contributed by atoms with Crippen molar-refractivity contribution in [2.45, 2.75) is 45.6 Å². The number of rotatable bonds is 4. The molecule has 3 N–H and O–H groups in total. The first-order valence-electron chi connectivity index (χ1n) is 6.39. The molecule has 0 aromatic heterocycles. The Morgan fingerprint density at radius 2 is 2.00 bits per heavy atom. The van der Waals surface area contributed by atoms with Crippen molar-refractivity contribution in [3.8, 4) is 0 Å². The molecule has 1 saturated carbocycles. The third kappa shape index (κ3) is 2.80. The number of hydrogen-bond acceptors (Lipinski definition) is 3. The Bertz CT molecular complexity index is 277. The highest BCUT2D eigenvalue weighted by atomic mass is 16.4. The maximum atomic E-state index is 11.2. The molecule has 1 unspecified atom stereocenters. The van der Waals surface area contributed by atoms with Crippen molar-refractivity contribution in [2.24, 2.45) is 23.7 Å². The van der Waals surface area contributed by atoms with Crippen molar-refractivity contribution >= 4 is 5.97 Å². The topological polar surface area (TPSA) is 77.8 Å².